The molecule has 0 aromatic rings. The lowest BCUT2D eigenvalue weighted by Gasteiger charge is -2.38. The van der Waals surface area contributed by atoms with E-state index in [-0.39, 0.29) is 12.1 Å². The van der Waals surface area contributed by atoms with E-state index >= 15 is 0 Å². The zero-order valence-corrected chi connectivity index (χ0v) is 13.3. The van der Waals surface area contributed by atoms with E-state index in [4.69, 9.17) is 24.4 Å². The molecular formula is C11H27N3O3Si. The molecule has 1 atom stereocenters. The van der Waals surface area contributed by atoms with Gasteiger partial charge in [-0.15, -0.1) is 0 Å². The first-order chi connectivity index (χ1) is 8.16. The molecule has 0 fully saturated rings. The number of nitrogens with one attached hydrogen (secondary N) is 2. The van der Waals surface area contributed by atoms with Gasteiger partial charge < -0.3 is 24.3 Å². The third kappa shape index (κ3) is 6.34. The minimum Gasteiger partial charge on any atom is -0.377 e. The van der Waals surface area contributed by atoms with Crippen molar-refractivity contribution < 1.29 is 13.3 Å². The number of nitrogens with two attached hydrogens (primary N) is 1. The van der Waals surface area contributed by atoms with E-state index < -0.39 is 14.5 Å². The summed E-state index contributed by atoms with van der Waals surface area (Å²) in [6.45, 7) is 9.55. The molecule has 7 heteroatoms. The molecule has 18 heavy (non-hydrogen) atoms. The Balaban J connectivity index is 4.90. The third-order valence-corrected chi connectivity index (χ3v) is 5.52. The molecule has 0 heterocycles. The highest BCUT2D eigenvalue weighted by Gasteiger charge is 2.45. The standard InChI is InChI=1S/C11H27N3O3Si/c1-7-8-18(15-6,16-9(2)3)17-11(4,5)14-10(12)13/h9H,7-8H2,1-6H3,(H4,12,13,14). The molecule has 0 saturated heterocycles. The number of hydrogen-bond acceptors (Lipinski definition) is 4. The fraction of sp³-hybridized carbons (Fsp3) is 0.909. The van der Waals surface area contributed by atoms with Crippen molar-refractivity contribution in [2.45, 2.75) is 58.9 Å². The lowest BCUT2D eigenvalue weighted by Crippen LogP contribution is -2.58. The summed E-state index contributed by atoms with van der Waals surface area (Å²) in [7, 11) is -1.14. The van der Waals surface area contributed by atoms with Gasteiger partial charge in [0.05, 0.1) is 0 Å². The molecular weight excluding hydrogens is 250 g/mol. The van der Waals surface area contributed by atoms with Gasteiger partial charge in [-0.05, 0) is 27.7 Å². The Bertz CT molecular complexity index is 274. The fourth-order valence-corrected chi connectivity index (χ4v) is 4.54. The Hall–Kier alpha value is -0.633. The van der Waals surface area contributed by atoms with Crippen LogP contribution in [0.25, 0.3) is 0 Å². The van der Waals surface area contributed by atoms with Crippen molar-refractivity contribution in [3.05, 3.63) is 0 Å². The fourth-order valence-electron chi connectivity index (χ4n) is 1.73. The van der Waals surface area contributed by atoms with Crippen LogP contribution in [0.4, 0.5) is 0 Å². The van der Waals surface area contributed by atoms with Gasteiger partial charge >= 0.3 is 8.80 Å². The van der Waals surface area contributed by atoms with Crippen LogP contribution in [0.1, 0.15) is 41.0 Å². The van der Waals surface area contributed by atoms with E-state index in [2.05, 4.69) is 12.2 Å². The van der Waals surface area contributed by atoms with E-state index in [0.717, 1.165) is 12.5 Å². The van der Waals surface area contributed by atoms with Crippen LogP contribution >= 0.6 is 0 Å². The molecule has 0 bridgehead atoms. The van der Waals surface area contributed by atoms with Crippen LogP contribution in [0.3, 0.4) is 0 Å². The predicted molar refractivity (Wildman–Crippen MR) is 74.3 cm³/mol. The van der Waals surface area contributed by atoms with Gasteiger partial charge in [0, 0.05) is 19.3 Å². The molecule has 0 aromatic heterocycles. The molecule has 0 spiro atoms. The molecule has 0 rings (SSSR count). The molecule has 6 nitrogen and oxygen atoms in total. The maximum absolute atomic E-state index is 7.28. The molecule has 0 aliphatic heterocycles. The Labute approximate surface area is 111 Å². The summed E-state index contributed by atoms with van der Waals surface area (Å²) in [5, 5.41) is 10.0. The normalized spacial score (nSPS) is 15.5. The second-order valence-electron chi connectivity index (χ2n) is 4.95. The highest BCUT2D eigenvalue weighted by molar-refractivity contribution is 6.60. The molecule has 4 N–H and O–H groups in total. The summed E-state index contributed by atoms with van der Waals surface area (Å²) >= 11 is 0. The van der Waals surface area contributed by atoms with Crippen molar-refractivity contribution >= 4 is 14.8 Å². The van der Waals surface area contributed by atoms with Crippen LogP contribution in [0.5, 0.6) is 0 Å². The summed E-state index contributed by atoms with van der Waals surface area (Å²) in [6, 6.07) is 0.727. The highest BCUT2D eigenvalue weighted by atomic mass is 28.4. The quantitative estimate of drug-likeness (QED) is 0.272. The molecule has 1 unspecified atom stereocenters. The zero-order valence-electron chi connectivity index (χ0n) is 12.3. The zero-order chi connectivity index (χ0) is 14.4. The first-order valence-electron chi connectivity index (χ1n) is 6.21. The predicted octanol–water partition coefficient (Wildman–Crippen LogP) is 1.64. The average Bonchev–Trinajstić information content (AvgIpc) is 2.13. The van der Waals surface area contributed by atoms with Crippen LogP contribution < -0.4 is 11.1 Å². The van der Waals surface area contributed by atoms with Gasteiger partial charge in [-0.3, -0.25) is 5.41 Å². The van der Waals surface area contributed by atoms with E-state index in [0.29, 0.717) is 0 Å². The molecule has 0 aliphatic rings. The Morgan fingerprint density at radius 3 is 2.33 bits per heavy atom. The third-order valence-electron chi connectivity index (χ3n) is 2.13. The van der Waals surface area contributed by atoms with Gasteiger partial charge in [0.25, 0.3) is 0 Å². The van der Waals surface area contributed by atoms with Crippen molar-refractivity contribution in [1.29, 1.82) is 5.41 Å². The Morgan fingerprint density at radius 1 is 1.44 bits per heavy atom. The van der Waals surface area contributed by atoms with Crippen LogP contribution in [0, 0.1) is 5.41 Å². The number of guanidine groups is 1. The lowest BCUT2D eigenvalue weighted by atomic mass is 10.3. The van der Waals surface area contributed by atoms with E-state index in [1.54, 1.807) is 21.0 Å². The first-order valence-corrected chi connectivity index (χ1v) is 8.15. The largest absolute Gasteiger partial charge is 0.502 e. The second kappa shape index (κ2) is 7.08. The summed E-state index contributed by atoms with van der Waals surface area (Å²) in [6.07, 6.45) is 0.930. The topological polar surface area (TPSA) is 89.6 Å². The molecule has 0 radical (unpaired) electrons. The van der Waals surface area contributed by atoms with Crippen molar-refractivity contribution in [2.24, 2.45) is 5.73 Å². The summed E-state index contributed by atoms with van der Waals surface area (Å²) < 4.78 is 17.4. The molecule has 0 saturated carbocycles. The van der Waals surface area contributed by atoms with Crippen molar-refractivity contribution in [3.8, 4) is 0 Å². The SMILES string of the molecule is CCC[Si](OC)(OC(C)C)OC(C)(C)NC(=N)N. The average molecular weight is 277 g/mol. The minimum absolute atomic E-state index is 0.0243. The first kappa shape index (κ1) is 17.4. The van der Waals surface area contributed by atoms with Gasteiger partial charge in [-0.25, -0.2) is 0 Å². The molecule has 0 amide bonds. The van der Waals surface area contributed by atoms with Crippen molar-refractivity contribution in [3.63, 3.8) is 0 Å². The molecule has 0 aliphatic carbocycles. The summed E-state index contributed by atoms with van der Waals surface area (Å²) in [4.78, 5) is 0. The van der Waals surface area contributed by atoms with Gasteiger partial charge in [0.1, 0.15) is 5.72 Å². The number of hydrogen-bond donors (Lipinski definition) is 3. The van der Waals surface area contributed by atoms with Crippen LogP contribution in [-0.2, 0) is 13.3 Å². The Morgan fingerprint density at radius 2 is 2.00 bits per heavy atom. The van der Waals surface area contributed by atoms with Gasteiger partial charge in [-0.2, -0.15) is 0 Å². The highest BCUT2D eigenvalue weighted by Crippen LogP contribution is 2.24. The smallest absolute Gasteiger partial charge is 0.377 e. The molecule has 108 valence electrons. The van der Waals surface area contributed by atoms with Crippen molar-refractivity contribution in [1.82, 2.24) is 5.32 Å². The Kier molecular flexibility index (Phi) is 6.83. The maximum atomic E-state index is 7.28. The van der Waals surface area contributed by atoms with E-state index in [9.17, 15) is 0 Å². The second-order valence-corrected chi connectivity index (χ2v) is 7.67. The van der Waals surface area contributed by atoms with Gasteiger partial charge in [0.15, 0.2) is 5.96 Å². The van der Waals surface area contributed by atoms with E-state index in [1.807, 2.05) is 13.8 Å². The lowest BCUT2D eigenvalue weighted by molar-refractivity contribution is -0.0244. The minimum atomic E-state index is -2.75. The van der Waals surface area contributed by atoms with Gasteiger partial charge in [0.2, 0.25) is 0 Å². The number of rotatable bonds is 8. The van der Waals surface area contributed by atoms with Crippen LogP contribution in [0.2, 0.25) is 6.04 Å². The monoisotopic (exact) mass is 277 g/mol. The van der Waals surface area contributed by atoms with Crippen LogP contribution in [0.15, 0.2) is 0 Å². The summed E-state index contributed by atoms with van der Waals surface area (Å²) in [5.41, 5.74) is 4.55. The molecule has 0 aromatic carbocycles. The maximum Gasteiger partial charge on any atom is 0.502 e. The summed E-state index contributed by atoms with van der Waals surface area (Å²) in [5.74, 6) is -0.139. The van der Waals surface area contributed by atoms with Gasteiger partial charge in [-0.1, -0.05) is 13.3 Å². The van der Waals surface area contributed by atoms with Crippen LogP contribution in [-0.4, -0.2) is 33.7 Å². The van der Waals surface area contributed by atoms with E-state index in [1.165, 1.54) is 0 Å². The van der Waals surface area contributed by atoms with Crippen molar-refractivity contribution in [2.75, 3.05) is 7.11 Å².